The van der Waals surface area contributed by atoms with E-state index in [1.165, 1.54) is 21.9 Å². The molecule has 2 aromatic rings. The summed E-state index contributed by atoms with van der Waals surface area (Å²) in [4.78, 5) is 11.6. The molecule has 0 saturated carbocycles. The summed E-state index contributed by atoms with van der Waals surface area (Å²) in [7, 11) is 1.18. The zero-order chi connectivity index (χ0) is 19.3. The summed E-state index contributed by atoms with van der Waals surface area (Å²) in [6.45, 7) is 6.02. The largest absolute Gasteiger partial charge is 0.507 e. The Morgan fingerprint density at radius 2 is 1.85 bits per heavy atom. The van der Waals surface area contributed by atoms with E-state index >= 15 is 0 Å². The molecule has 0 saturated heterocycles. The van der Waals surface area contributed by atoms with E-state index in [9.17, 15) is 15.0 Å². The van der Waals surface area contributed by atoms with Crippen LogP contribution in [0.15, 0.2) is 24.3 Å². The third-order valence-corrected chi connectivity index (χ3v) is 5.80. The van der Waals surface area contributed by atoms with E-state index in [0.717, 1.165) is 59.9 Å². The minimum absolute atomic E-state index is 0.380. The Morgan fingerprint density at radius 3 is 2.46 bits per heavy atom. The molecule has 0 fully saturated rings. The fourth-order valence-corrected chi connectivity index (χ4v) is 3.84. The quantitative estimate of drug-likeness (QED) is 0.676. The van der Waals surface area contributed by atoms with Crippen molar-refractivity contribution in [1.29, 1.82) is 0 Å². The van der Waals surface area contributed by atoms with Gasteiger partial charge in [0.15, 0.2) is 0 Å². The minimum atomic E-state index is -0.864. The summed E-state index contributed by atoms with van der Waals surface area (Å²) in [5.74, 6) is -0.484. The van der Waals surface area contributed by atoms with E-state index in [1.807, 2.05) is 32.0 Å². The average Bonchev–Trinajstić information content (AvgIpc) is 2.63. The van der Waals surface area contributed by atoms with Crippen molar-refractivity contribution in [3.63, 3.8) is 0 Å². The standard InChI is InChI=1S/C22H30O3Si/c1-4-5-7-16-13-17(9-10-19(16)22(24)25)20-12-14(2)21(23)15(3)18(20)8-6-11-26/h9-10,12-13,23H,4-8,11H2,1-3,26H3,(H,24,25). The van der Waals surface area contributed by atoms with Crippen LogP contribution in [0.3, 0.4) is 0 Å². The smallest absolute Gasteiger partial charge is 0.335 e. The van der Waals surface area contributed by atoms with Gasteiger partial charge in [0.1, 0.15) is 5.75 Å². The molecule has 0 aliphatic heterocycles. The van der Waals surface area contributed by atoms with Gasteiger partial charge in [0.05, 0.1) is 5.56 Å². The minimum Gasteiger partial charge on any atom is -0.507 e. The normalized spacial score (nSPS) is 11.0. The number of hydrogen-bond donors (Lipinski definition) is 2. The van der Waals surface area contributed by atoms with Gasteiger partial charge in [-0.2, -0.15) is 0 Å². The average molecular weight is 371 g/mol. The highest BCUT2D eigenvalue weighted by molar-refractivity contribution is 6.08. The first-order valence-corrected chi connectivity index (χ1v) is 11.0. The van der Waals surface area contributed by atoms with E-state index in [0.29, 0.717) is 11.3 Å². The molecular weight excluding hydrogens is 340 g/mol. The predicted molar refractivity (Wildman–Crippen MR) is 112 cm³/mol. The van der Waals surface area contributed by atoms with Crippen molar-refractivity contribution in [2.45, 2.75) is 58.9 Å². The topological polar surface area (TPSA) is 57.5 Å². The van der Waals surface area contributed by atoms with Crippen LogP contribution in [0.1, 0.15) is 58.8 Å². The van der Waals surface area contributed by atoms with Crippen LogP contribution in [0.4, 0.5) is 0 Å². The molecule has 140 valence electrons. The van der Waals surface area contributed by atoms with Gasteiger partial charge in [-0.1, -0.05) is 37.9 Å². The number of rotatable bonds is 8. The molecule has 0 aliphatic rings. The molecule has 2 N–H and O–H groups in total. The molecule has 0 radical (unpaired) electrons. The van der Waals surface area contributed by atoms with Gasteiger partial charge in [0, 0.05) is 10.2 Å². The summed E-state index contributed by atoms with van der Waals surface area (Å²) in [6.07, 6.45) is 4.86. The molecule has 0 unspecified atom stereocenters. The lowest BCUT2D eigenvalue weighted by Crippen LogP contribution is -2.04. The van der Waals surface area contributed by atoms with Gasteiger partial charge >= 0.3 is 5.97 Å². The number of aryl methyl sites for hydroxylation is 2. The Balaban J connectivity index is 2.61. The lowest BCUT2D eigenvalue weighted by Gasteiger charge is -2.18. The number of benzene rings is 2. The first-order chi connectivity index (χ1) is 12.4. The van der Waals surface area contributed by atoms with Crippen LogP contribution in [0, 0.1) is 13.8 Å². The fourth-order valence-electron chi connectivity index (χ4n) is 3.49. The summed E-state index contributed by atoms with van der Waals surface area (Å²) >= 11 is 0. The molecule has 0 spiro atoms. The van der Waals surface area contributed by atoms with E-state index in [4.69, 9.17) is 0 Å². The van der Waals surface area contributed by atoms with Crippen molar-refractivity contribution >= 4 is 16.2 Å². The number of carboxylic acid groups (broad SMARTS) is 1. The Hall–Kier alpha value is -2.07. The lowest BCUT2D eigenvalue weighted by molar-refractivity contribution is 0.0695. The van der Waals surface area contributed by atoms with Gasteiger partial charge in [0.25, 0.3) is 0 Å². The maximum absolute atomic E-state index is 11.6. The van der Waals surface area contributed by atoms with E-state index < -0.39 is 5.97 Å². The molecular formula is C22H30O3Si. The van der Waals surface area contributed by atoms with Gasteiger partial charge < -0.3 is 10.2 Å². The maximum Gasteiger partial charge on any atom is 0.335 e. The summed E-state index contributed by atoms with van der Waals surface area (Å²) in [5.41, 5.74) is 6.48. The van der Waals surface area contributed by atoms with Gasteiger partial charge in [-0.3, -0.25) is 0 Å². The summed E-state index contributed by atoms with van der Waals surface area (Å²) < 4.78 is 0. The molecule has 0 amide bonds. The van der Waals surface area contributed by atoms with Crippen molar-refractivity contribution in [3.8, 4) is 16.9 Å². The van der Waals surface area contributed by atoms with Gasteiger partial charge in [-0.05, 0) is 78.6 Å². The van der Waals surface area contributed by atoms with E-state index in [1.54, 1.807) is 6.07 Å². The third-order valence-electron chi connectivity index (χ3n) is 5.09. The Morgan fingerprint density at radius 1 is 1.12 bits per heavy atom. The van der Waals surface area contributed by atoms with Crippen LogP contribution >= 0.6 is 0 Å². The predicted octanol–water partition coefficient (Wildman–Crippen LogP) is 4.43. The maximum atomic E-state index is 11.6. The van der Waals surface area contributed by atoms with E-state index in [2.05, 4.69) is 6.92 Å². The second kappa shape index (κ2) is 9.04. The second-order valence-electron chi connectivity index (χ2n) is 7.08. The van der Waals surface area contributed by atoms with Crippen molar-refractivity contribution in [2.24, 2.45) is 0 Å². The first-order valence-electron chi connectivity index (χ1n) is 9.59. The van der Waals surface area contributed by atoms with Crippen molar-refractivity contribution in [2.75, 3.05) is 0 Å². The number of phenols is 1. The van der Waals surface area contributed by atoms with Crippen LogP contribution < -0.4 is 0 Å². The highest BCUT2D eigenvalue weighted by Crippen LogP contribution is 2.36. The zero-order valence-corrected chi connectivity index (χ0v) is 18.4. The molecule has 0 bridgehead atoms. The molecule has 3 nitrogen and oxygen atoms in total. The highest BCUT2D eigenvalue weighted by atomic mass is 28.1. The van der Waals surface area contributed by atoms with Crippen molar-refractivity contribution in [3.05, 3.63) is 52.1 Å². The van der Waals surface area contributed by atoms with Crippen LogP contribution in [0.25, 0.3) is 11.1 Å². The number of phenolic OH excluding ortho intramolecular Hbond substituents is 1. The fraction of sp³-hybridized carbons (Fsp3) is 0.409. The van der Waals surface area contributed by atoms with Gasteiger partial charge in [-0.25, -0.2) is 4.79 Å². The Labute approximate surface area is 159 Å². The highest BCUT2D eigenvalue weighted by Gasteiger charge is 2.16. The summed E-state index contributed by atoms with van der Waals surface area (Å²) in [5, 5.41) is 19.9. The van der Waals surface area contributed by atoms with Crippen LogP contribution in [-0.2, 0) is 12.8 Å². The molecule has 2 rings (SSSR count). The number of unbranched alkanes of at least 4 members (excludes halogenated alkanes) is 1. The SMILES string of the molecule is CCCCc1cc(-c2cc(C)c(O)c(C)c2CCC[SiH3])ccc1C(=O)O. The number of aromatic hydroxyl groups is 1. The zero-order valence-electron chi connectivity index (χ0n) is 16.4. The van der Waals surface area contributed by atoms with Crippen molar-refractivity contribution in [1.82, 2.24) is 0 Å². The molecule has 26 heavy (non-hydrogen) atoms. The van der Waals surface area contributed by atoms with Crippen molar-refractivity contribution < 1.29 is 15.0 Å². The van der Waals surface area contributed by atoms with Crippen LogP contribution in [-0.4, -0.2) is 26.4 Å². The van der Waals surface area contributed by atoms with Crippen LogP contribution in [0.5, 0.6) is 5.75 Å². The number of carboxylic acids is 1. The first kappa shape index (κ1) is 20.2. The van der Waals surface area contributed by atoms with Gasteiger partial charge in [-0.15, -0.1) is 0 Å². The number of hydrogen-bond acceptors (Lipinski definition) is 2. The van der Waals surface area contributed by atoms with E-state index in [-0.39, 0.29) is 0 Å². The summed E-state index contributed by atoms with van der Waals surface area (Å²) in [6, 6.07) is 8.96. The lowest BCUT2D eigenvalue weighted by atomic mass is 9.88. The number of aromatic carboxylic acids is 1. The second-order valence-corrected chi connectivity index (χ2v) is 8.08. The van der Waals surface area contributed by atoms with Gasteiger partial charge in [0.2, 0.25) is 0 Å². The molecule has 0 atom stereocenters. The third kappa shape index (κ3) is 4.36. The Bertz CT molecular complexity index is 796. The molecule has 0 heterocycles. The Kier molecular flexibility index (Phi) is 7.03. The monoisotopic (exact) mass is 370 g/mol. The van der Waals surface area contributed by atoms with Crippen LogP contribution in [0.2, 0.25) is 6.04 Å². The molecule has 4 heteroatoms. The molecule has 0 aromatic heterocycles. The molecule has 2 aromatic carbocycles. The number of carbonyl (C=O) groups is 1. The molecule has 0 aliphatic carbocycles.